The molecule has 4 nitrogen and oxygen atoms in total. The summed E-state index contributed by atoms with van der Waals surface area (Å²) in [6.45, 7) is 3.88. The molecule has 4 N–H and O–H groups in total. The Labute approximate surface area is 144 Å². The number of hydrogen-bond acceptors (Lipinski definition) is 3. The zero-order chi connectivity index (χ0) is 17.6. The first-order valence-corrected chi connectivity index (χ1v) is 8.71. The second-order valence-electron chi connectivity index (χ2n) is 7.05. The van der Waals surface area contributed by atoms with Gasteiger partial charge in [0.1, 0.15) is 0 Å². The third-order valence-electron chi connectivity index (χ3n) is 4.69. The number of nitrogens with one attached hydrogen (secondary N) is 1. The molecule has 24 heavy (non-hydrogen) atoms. The molecule has 0 spiro atoms. The van der Waals surface area contributed by atoms with E-state index < -0.39 is 11.1 Å². The van der Waals surface area contributed by atoms with Crippen LogP contribution in [0.15, 0.2) is 30.3 Å². The van der Waals surface area contributed by atoms with Crippen molar-refractivity contribution in [2.75, 3.05) is 6.54 Å². The van der Waals surface area contributed by atoms with Crippen molar-refractivity contribution in [2.45, 2.75) is 57.1 Å². The summed E-state index contributed by atoms with van der Waals surface area (Å²) in [6.07, 6.45) is 4.96. The molecule has 1 aromatic rings. The van der Waals surface area contributed by atoms with Gasteiger partial charge in [-0.05, 0) is 32.3 Å². The maximum absolute atomic E-state index is 13.1. The Hall–Kier alpha value is -1.83. The summed E-state index contributed by atoms with van der Waals surface area (Å²) < 4.78 is 0. The average molecular weight is 328 g/mol. The molecular weight excluding hydrogens is 300 g/mol. The van der Waals surface area contributed by atoms with Gasteiger partial charge < -0.3 is 16.2 Å². The Morgan fingerprint density at radius 1 is 1.25 bits per heavy atom. The van der Waals surface area contributed by atoms with Gasteiger partial charge in [0.25, 0.3) is 5.91 Å². The fourth-order valence-electron chi connectivity index (χ4n) is 3.45. The van der Waals surface area contributed by atoms with Crippen LogP contribution in [0.1, 0.15) is 51.5 Å². The molecule has 1 aliphatic carbocycles. The number of carbonyl (C=O) groups is 1. The molecule has 1 aliphatic rings. The highest BCUT2D eigenvalue weighted by Gasteiger charge is 2.46. The van der Waals surface area contributed by atoms with Crippen LogP contribution in [0.25, 0.3) is 0 Å². The molecule has 1 aromatic carbocycles. The first-order chi connectivity index (χ1) is 11.4. The number of aliphatic hydroxyl groups is 1. The van der Waals surface area contributed by atoms with Gasteiger partial charge >= 0.3 is 0 Å². The maximum Gasteiger partial charge on any atom is 0.258 e. The van der Waals surface area contributed by atoms with Crippen LogP contribution >= 0.6 is 0 Å². The van der Waals surface area contributed by atoms with Gasteiger partial charge in [-0.2, -0.15) is 0 Å². The molecule has 0 heterocycles. The molecule has 130 valence electrons. The van der Waals surface area contributed by atoms with Crippen LogP contribution in [0.3, 0.4) is 0 Å². The average Bonchev–Trinajstić information content (AvgIpc) is 2.60. The Kier molecular flexibility index (Phi) is 6.04. The minimum absolute atomic E-state index is 0.0769. The lowest BCUT2D eigenvalue weighted by molar-refractivity contribution is -0.150. The van der Waals surface area contributed by atoms with E-state index in [-0.39, 0.29) is 18.4 Å². The van der Waals surface area contributed by atoms with Crippen LogP contribution in [0, 0.1) is 17.8 Å². The highest BCUT2D eigenvalue weighted by Crippen LogP contribution is 2.39. The van der Waals surface area contributed by atoms with Crippen molar-refractivity contribution < 1.29 is 9.90 Å². The molecule has 4 heteroatoms. The summed E-state index contributed by atoms with van der Waals surface area (Å²) in [7, 11) is 0. The number of amides is 1. The summed E-state index contributed by atoms with van der Waals surface area (Å²) >= 11 is 0. The fraction of sp³-hybridized carbons (Fsp3) is 0.550. The molecule has 1 unspecified atom stereocenters. The van der Waals surface area contributed by atoms with Gasteiger partial charge in [-0.25, -0.2) is 0 Å². The third kappa shape index (κ3) is 4.17. The molecule has 0 aliphatic heterocycles. The predicted molar refractivity (Wildman–Crippen MR) is 96.0 cm³/mol. The van der Waals surface area contributed by atoms with E-state index in [2.05, 4.69) is 17.2 Å². The van der Waals surface area contributed by atoms with E-state index >= 15 is 0 Å². The smallest absolute Gasteiger partial charge is 0.258 e. The highest BCUT2D eigenvalue weighted by atomic mass is 16.3. The van der Waals surface area contributed by atoms with Gasteiger partial charge in [0.15, 0.2) is 5.60 Å². The van der Waals surface area contributed by atoms with E-state index in [1.807, 2.05) is 44.2 Å². The van der Waals surface area contributed by atoms with Gasteiger partial charge in [-0.15, -0.1) is 0 Å². The van der Waals surface area contributed by atoms with Crippen LogP contribution in [0.5, 0.6) is 0 Å². The molecule has 1 saturated carbocycles. The van der Waals surface area contributed by atoms with E-state index in [0.717, 1.165) is 32.1 Å². The number of hydrogen-bond donors (Lipinski definition) is 3. The van der Waals surface area contributed by atoms with Gasteiger partial charge in [-0.3, -0.25) is 4.79 Å². The van der Waals surface area contributed by atoms with Gasteiger partial charge in [-0.1, -0.05) is 61.4 Å². The lowest BCUT2D eigenvalue weighted by Crippen LogP contribution is -2.55. The second kappa shape index (κ2) is 7.83. The Morgan fingerprint density at radius 2 is 1.88 bits per heavy atom. The molecular formula is C20H28N2O2. The number of carbonyl (C=O) groups excluding carboxylic acids is 1. The summed E-state index contributed by atoms with van der Waals surface area (Å²) in [6, 6.07) is 9.25. The summed E-state index contributed by atoms with van der Waals surface area (Å²) in [4.78, 5) is 13.1. The van der Waals surface area contributed by atoms with Crippen molar-refractivity contribution in [3.63, 3.8) is 0 Å². The molecule has 0 aromatic heterocycles. The normalized spacial score (nSPS) is 18.2. The van der Waals surface area contributed by atoms with Crippen LogP contribution < -0.4 is 11.1 Å². The van der Waals surface area contributed by atoms with E-state index in [4.69, 9.17) is 5.73 Å². The second-order valence-corrected chi connectivity index (χ2v) is 7.05. The minimum atomic E-state index is -1.52. The molecule has 0 bridgehead atoms. The van der Waals surface area contributed by atoms with E-state index in [1.165, 1.54) is 0 Å². The summed E-state index contributed by atoms with van der Waals surface area (Å²) in [5, 5.41) is 14.4. The molecule has 1 atom stereocenters. The largest absolute Gasteiger partial charge is 0.375 e. The van der Waals surface area contributed by atoms with Crippen LogP contribution in [0.4, 0.5) is 0 Å². The molecule has 0 saturated heterocycles. The minimum Gasteiger partial charge on any atom is -0.375 e. The van der Waals surface area contributed by atoms with Crippen molar-refractivity contribution in [3.8, 4) is 11.8 Å². The monoisotopic (exact) mass is 328 g/mol. The first kappa shape index (κ1) is 18.5. The molecule has 1 amide bonds. The standard InChI is InChI=1S/C20H28N2O2/c1-19(2,14-9-15-21)22-18(23)20(24,16-10-5-3-6-11-16)17-12-7-4-8-13-17/h3,5-6,10-11,17,24H,4,7-8,12-13,15,21H2,1-2H3,(H,22,23). The van der Waals surface area contributed by atoms with Gasteiger partial charge in [0, 0.05) is 5.92 Å². The topological polar surface area (TPSA) is 75.3 Å². The summed E-state index contributed by atoms with van der Waals surface area (Å²) in [5.74, 6) is 5.29. The van der Waals surface area contributed by atoms with Crippen molar-refractivity contribution in [1.29, 1.82) is 0 Å². The van der Waals surface area contributed by atoms with Gasteiger partial charge in [0.05, 0.1) is 12.1 Å². The van der Waals surface area contributed by atoms with E-state index in [9.17, 15) is 9.90 Å². The molecule has 2 rings (SSSR count). The lowest BCUT2D eigenvalue weighted by atomic mass is 9.72. The first-order valence-electron chi connectivity index (χ1n) is 8.71. The lowest BCUT2D eigenvalue weighted by Gasteiger charge is -2.39. The Balaban J connectivity index is 2.33. The SMILES string of the molecule is CC(C)(C#CCN)NC(=O)C(O)(c1ccccc1)C1CCCCC1. The zero-order valence-electron chi connectivity index (χ0n) is 14.6. The summed E-state index contributed by atoms with van der Waals surface area (Å²) in [5.41, 5.74) is 3.81. The van der Waals surface area contributed by atoms with Crippen molar-refractivity contribution in [1.82, 2.24) is 5.32 Å². The van der Waals surface area contributed by atoms with Crippen LogP contribution in [-0.2, 0) is 10.4 Å². The van der Waals surface area contributed by atoms with Crippen molar-refractivity contribution >= 4 is 5.91 Å². The number of nitrogens with two attached hydrogens (primary N) is 1. The number of rotatable bonds is 4. The number of benzene rings is 1. The van der Waals surface area contributed by atoms with Crippen molar-refractivity contribution in [3.05, 3.63) is 35.9 Å². The quantitative estimate of drug-likeness (QED) is 0.743. The highest BCUT2D eigenvalue weighted by molar-refractivity contribution is 5.87. The Morgan fingerprint density at radius 3 is 2.46 bits per heavy atom. The molecule has 0 radical (unpaired) electrons. The maximum atomic E-state index is 13.1. The zero-order valence-corrected chi connectivity index (χ0v) is 14.6. The van der Waals surface area contributed by atoms with Crippen LogP contribution in [-0.4, -0.2) is 23.1 Å². The molecule has 1 fully saturated rings. The van der Waals surface area contributed by atoms with E-state index in [1.54, 1.807) is 0 Å². The Bertz CT molecular complexity index is 610. The predicted octanol–water partition coefficient (Wildman–Crippen LogP) is 2.31. The van der Waals surface area contributed by atoms with E-state index in [0.29, 0.717) is 5.56 Å². The van der Waals surface area contributed by atoms with Gasteiger partial charge in [0.2, 0.25) is 0 Å². The van der Waals surface area contributed by atoms with Crippen molar-refractivity contribution in [2.24, 2.45) is 11.7 Å². The third-order valence-corrected chi connectivity index (χ3v) is 4.69. The van der Waals surface area contributed by atoms with Crippen LogP contribution in [0.2, 0.25) is 0 Å². The fourth-order valence-corrected chi connectivity index (χ4v) is 3.45.